The van der Waals surface area contributed by atoms with Crippen molar-refractivity contribution in [2.75, 3.05) is 6.61 Å². The lowest BCUT2D eigenvalue weighted by molar-refractivity contribution is -0.472. The normalized spacial score (nSPS) is 27.8. The molecule has 0 N–H and O–H groups in total. The van der Waals surface area contributed by atoms with Crippen LogP contribution in [-0.2, 0) is 24.4 Å². The summed E-state index contributed by atoms with van der Waals surface area (Å²) in [6.45, 7) is -2.56. The van der Waals surface area contributed by atoms with Crippen LogP contribution in [0.4, 0.5) is 52.2 Å². The van der Waals surface area contributed by atoms with Crippen molar-refractivity contribution in [2.24, 2.45) is 0 Å². The summed E-state index contributed by atoms with van der Waals surface area (Å²) < 4.78 is 185. The van der Waals surface area contributed by atoms with Crippen LogP contribution in [-0.4, -0.2) is 50.1 Å². The summed E-state index contributed by atoms with van der Waals surface area (Å²) in [4.78, 5) is 0. The molecule has 0 radical (unpaired) electrons. The lowest BCUT2D eigenvalue weighted by atomic mass is 10.1. The number of alkyl halides is 9. The maximum Gasteiger partial charge on any atom is 0.464 e. The zero-order chi connectivity index (χ0) is 22.6. The Bertz CT molecular complexity index is 748. The molecule has 166 valence electrons. The number of rotatable bonds is 7. The van der Waals surface area contributed by atoms with E-state index in [4.69, 9.17) is 0 Å². The van der Waals surface area contributed by atoms with Crippen molar-refractivity contribution >= 4 is 10.2 Å². The molecule has 28 heavy (non-hydrogen) atoms. The fourth-order valence-corrected chi connectivity index (χ4v) is 1.94. The quantitative estimate of drug-likeness (QED) is 0.421. The first kappa shape index (κ1) is 24.8. The molecule has 0 aromatic rings. The first-order valence-corrected chi connectivity index (χ1v) is 7.64. The molecule has 1 aliphatic heterocycles. The number of hydrogen-bond donors (Lipinski definition) is 0. The Morgan fingerprint density at radius 2 is 1.54 bits per heavy atom. The van der Waals surface area contributed by atoms with E-state index in [1.54, 1.807) is 0 Å². The van der Waals surface area contributed by atoms with Gasteiger partial charge in [-0.3, -0.25) is 4.74 Å². The minimum atomic E-state index is -7.58. The van der Waals surface area contributed by atoms with Gasteiger partial charge in [-0.1, -0.05) is 3.89 Å². The molecule has 0 amide bonds. The van der Waals surface area contributed by atoms with E-state index in [0.29, 0.717) is 0 Å². The lowest BCUT2D eigenvalue weighted by Crippen LogP contribution is -2.58. The first-order chi connectivity index (χ1) is 12.0. The summed E-state index contributed by atoms with van der Waals surface area (Å²) in [6, 6.07) is 0. The Balaban J connectivity index is 3.24. The van der Waals surface area contributed by atoms with Crippen LogP contribution in [0, 0.1) is 0 Å². The van der Waals surface area contributed by atoms with Crippen LogP contribution in [0.3, 0.4) is 0 Å². The van der Waals surface area contributed by atoms with Crippen LogP contribution >= 0.6 is 0 Å². The molecule has 0 aliphatic carbocycles. The summed E-state index contributed by atoms with van der Waals surface area (Å²) in [5.41, 5.74) is 0. The van der Waals surface area contributed by atoms with Gasteiger partial charge in [0.2, 0.25) is 5.79 Å². The van der Waals surface area contributed by atoms with Gasteiger partial charge in [-0.15, -0.1) is 0 Å². The predicted octanol–water partition coefficient (Wildman–Crippen LogP) is 3.93. The molecule has 0 spiro atoms. The van der Waals surface area contributed by atoms with Crippen molar-refractivity contribution in [1.29, 1.82) is 0 Å². The summed E-state index contributed by atoms with van der Waals surface area (Å²) in [5, 5.41) is -6.97. The monoisotopic (exact) mass is 466 g/mol. The van der Waals surface area contributed by atoms with Gasteiger partial charge in [0.05, 0.1) is 6.08 Å². The average molecular weight is 466 g/mol. The molecule has 1 heterocycles. The fraction of sp³-hybridized carbons (Fsp3) is 0.800. The fourth-order valence-electron chi connectivity index (χ4n) is 1.61. The zero-order valence-electron chi connectivity index (χ0n) is 12.8. The van der Waals surface area contributed by atoms with Crippen LogP contribution in [0.25, 0.3) is 0 Å². The molecular weight excluding hydrogens is 460 g/mol. The Morgan fingerprint density at radius 1 is 1.07 bits per heavy atom. The van der Waals surface area contributed by atoms with Crippen LogP contribution in [0.15, 0.2) is 12.2 Å². The molecule has 1 rings (SSSR count). The van der Waals surface area contributed by atoms with Gasteiger partial charge in [-0.05, 0) is 6.92 Å². The van der Waals surface area contributed by atoms with Gasteiger partial charge in [-0.2, -0.15) is 56.7 Å². The van der Waals surface area contributed by atoms with E-state index in [1.807, 2.05) is 0 Å². The number of halogens is 12. The predicted molar refractivity (Wildman–Crippen MR) is 60.5 cm³/mol. The van der Waals surface area contributed by atoms with Crippen molar-refractivity contribution in [1.82, 2.24) is 0 Å². The third kappa shape index (κ3) is 4.04. The third-order valence-corrected chi connectivity index (χ3v) is 3.97. The molecule has 5 nitrogen and oxygen atoms in total. The minimum absolute atomic E-state index is 0.0946. The molecule has 0 bridgehead atoms. The maximum absolute atomic E-state index is 14.1. The van der Waals surface area contributed by atoms with Gasteiger partial charge in [0.15, 0.2) is 0 Å². The van der Waals surface area contributed by atoms with Gasteiger partial charge in [0, 0.05) is 0 Å². The van der Waals surface area contributed by atoms with Crippen molar-refractivity contribution in [2.45, 2.75) is 42.0 Å². The summed E-state index contributed by atoms with van der Waals surface area (Å²) >= 11 is 0. The van der Waals surface area contributed by atoms with Gasteiger partial charge in [-0.25, -0.2) is 4.74 Å². The highest BCUT2D eigenvalue weighted by Crippen LogP contribution is 2.52. The molecule has 0 aromatic carbocycles. The average Bonchev–Trinajstić information content (AvgIpc) is 2.74. The summed E-state index contributed by atoms with van der Waals surface area (Å²) in [6.07, 6.45) is -17.7. The van der Waals surface area contributed by atoms with Crippen LogP contribution in [0.1, 0.15) is 6.92 Å². The molecule has 1 aliphatic rings. The second-order valence-corrected chi connectivity index (χ2v) is 6.60. The van der Waals surface area contributed by atoms with E-state index in [1.165, 1.54) is 0 Å². The molecule has 18 heteroatoms. The summed E-state index contributed by atoms with van der Waals surface area (Å²) in [7, 11) is -7.58. The van der Waals surface area contributed by atoms with Gasteiger partial charge < -0.3 is 4.74 Å². The number of ether oxygens (including phenoxy) is 3. The Kier molecular flexibility index (Phi) is 5.86. The molecule has 1 saturated heterocycles. The first-order valence-electron chi connectivity index (χ1n) is 6.26. The molecule has 1 fully saturated rings. The Labute approximate surface area is 147 Å². The van der Waals surface area contributed by atoms with Gasteiger partial charge >= 0.3 is 39.5 Å². The van der Waals surface area contributed by atoms with Crippen molar-refractivity contribution in [3.8, 4) is 0 Å². The third-order valence-electron chi connectivity index (χ3n) is 3.12. The Hall–Kier alpha value is -1.27. The highest BCUT2D eigenvalue weighted by atomic mass is 32.3. The van der Waals surface area contributed by atoms with E-state index in [2.05, 4.69) is 14.2 Å². The zero-order valence-corrected chi connectivity index (χ0v) is 13.6. The van der Waals surface area contributed by atoms with E-state index in [-0.39, 0.29) is 6.92 Å². The van der Waals surface area contributed by atoms with E-state index in [9.17, 15) is 60.6 Å². The smallest absolute Gasteiger partial charge is 0.338 e. The largest absolute Gasteiger partial charge is 0.464 e. The van der Waals surface area contributed by atoms with Crippen molar-refractivity contribution in [3.05, 3.63) is 12.2 Å². The Morgan fingerprint density at radius 3 is 1.93 bits per heavy atom. The second-order valence-electron chi connectivity index (χ2n) is 5.21. The van der Waals surface area contributed by atoms with Crippen molar-refractivity contribution < 1.29 is 74.8 Å². The van der Waals surface area contributed by atoms with Crippen LogP contribution < -0.4 is 0 Å². The van der Waals surface area contributed by atoms with E-state index >= 15 is 0 Å². The van der Waals surface area contributed by atoms with Crippen molar-refractivity contribution in [3.63, 3.8) is 0 Å². The van der Waals surface area contributed by atoms with Gasteiger partial charge in [0.25, 0.3) is 6.08 Å². The second kappa shape index (κ2) is 6.63. The topological polar surface area (TPSA) is 61.8 Å². The van der Waals surface area contributed by atoms with E-state index in [0.717, 1.165) is 0 Å². The molecule has 2 atom stereocenters. The number of hydrogen-bond acceptors (Lipinski definition) is 5. The maximum atomic E-state index is 14.1. The molecule has 0 aromatic heterocycles. The SMILES string of the molecule is CC1(C(F)(F)C=C(F)F)OCC(F)(C(F)(F)OC(F)(F)C(F)(F)S(=O)(=O)F)O1. The van der Waals surface area contributed by atoms with Crippen LogP contribution in [0.2, 0.25) is 0 Å². The summed E-state index contributed by atoms with van der Waals surface area (Å²) in [5.74, 6) is -14.3. The van der Waals surface area contributed by atoms with Crippen LogP contribution in [0.5, 0.6) is 0 Å². The lowest BCUT2D eigenvalue weighted by Gasteiger charge is -2.34. The highest BCUT2D eigenvalue weighted by molar-refractivity contribution is 7.87. The molecule has 0 saturated carbocycles. The van der Waals surface area contributed by atoms with E-state index < -0.39 is 64.0 Å². The molecular formula is C10H6F12O5S. The molecule has 2 unspecified atom stereocenters. The standard InChI is InChI=1S/C10H6F12O5S/c1-5(6(13,14)2-4(11)12)25-3-7(15,26-5)8(16,17)27-9(18,19)10(20,21)28(22,23)24/h2H,3H2,1H3. The highest BCUT2D eigenvalue weighted by Gasteiger charge is 2.77. The minimum Gasteiger partial charge on any atom is -0.338 e. The van der Waals surface area contributed by atoms with Gasteiger partial charge in [0.1, 0.15) is 6.61 Å².